The Labute approximate surface area is 167 Å². The molecule has 0 radical (unpaired) electrons. The molecule has 0 saturated heterocycles. The summed E-state index contributed by atoms with van der Waals surface area (Å²) in [5.41, 5.74) is 2.25. The third-order valence-corrected chi connectivity index (χ3v) is 4.92. The summed E-state index contributed by atoms with van der Waals surface area (Å²) in [5.74, 6) is -0.409. The first-order chi connectivity index (χ1) is 14.0. The summed E-state index contributed by atoms with van der Waals surface area (Å²) in [7, 11) is 0. The number of amides is 1. The van der Waals surface area contributed by atoms with E-state index >= 15 is 0 Å². The van der Waals surface area contributed by atoms with Gasteiger partial charge in [0.05, 0.1) is 23.9 Å². The number of halogens is 1. The summed E-state index contributed by atoms with van der Waals surface area (Å²) >= 11 is 0. The highest BCUT2D eigenvalue weighted by molar-refractivity contribution is 6.08. The molecule has 29 heavy (non-hydrogen) atoms. The fourth-order valence-electron chi connectivity index (χ4n) is 3.65. The Kier molecular flexibility index (Phi) is 4.88. The Balaban J connectivity index is 1.74. The molecule has 0 spiro atoms. The monoisotopic (exact) mass is 393 g/mol. The van der Waals surface area contributed by atoms with Crippen LogP contribution >= 0.6 is 0 Å². The molecule has 0 fully saturated rings. The van der Waals surface area contributed by atoms with Gasteiger partial charge in [0.15, 0.2) is 5.78 Å². The molecule has 1 N–H and O–H groups in total. The van der Waals surface area contributed by atoms with Gasteiger partial charge < -0.3 is 10.1 Å². The van der Waals surface area contributed by atoms with Crippen LogP contribution in [0.1, 0.15) is 40.9 Å². The number of carbonyl (C=O) groups excluding carboxylic acids is 2. The van der Waals surface area contributed by atoms with E-state index < -0.39 is 11.7 Å². The van der Waals surface area contributed by atoms with Gasteiger partial charge >= 0.3 is 0 Å². The minimum atomic E-state index is -0.654. The van der Waals surface area contributed by atoms with E-state index in [1.807, 2.05) is 6.92 Å². The van der Waals surface area contributed by atoms with Gasteiger partial charge in [-0.25, -0.2) is 9.07 Å². The molecule has 1 aliphatic rings. The molecule has 1 atom stereocenters. The van der Waals surface area contributed by atoms with Crippen LogP contribution in [0.5, 0.6) is 5.75 Å². The number of hydrogen-bond acceptors (Lipinski definition) is 4. The zero-order valence-corrected chi connectivity index (χ0v) is 16.1. The molecule has 1 aliphatic heterocycles. The van der Waals surface area contributed by atoms with Crippen molar-refractivity contribution in [2.75, 3.05) is 11.9 Å². The van der Waals surface area contributed by atoms with Gasteiger partial charge in [0, 0.05) is 17.5 Å². The number of fused-ring (bicyclic) bond motifs is 1. The number of Topliss-reactive ketones (excluding diaryl/α,β-unsaturated/α-hetero) is 1. The highest BCUT2D eigenvalue weighted by atomic mass is 19.1. The van der Waals surface area contributed by atoms with Crippen LogP contribution in [-0.2, 0) is 4.79 Å². The van der Waals surface area contributed by atoms with Gasteiger partial charge in [-0.15, -0.1) is 0 Å². The number of carbonyl (C=O) groups is 2. The number of nitrogens with zero attached hydrogens (tertiary/aromatic N) is 2. The number of aromatic nitrogens is 2. The summed E-state index contributed by atoms with van der Waals surface area (Å²) in [6.07, 6.45) is 0.0364. The van der Waals surface area contributed by atoms with Crippen LogP contribution in [0.4, 0.5) is 10.2 Å². The van der Waals surface area contributed by atoms with Crippen LogP contribution in [0, 0.1) is 12.7 Å². The Morgan fingerprint density at radius 2 is 2.03 bits per heavy atom. The Bertz CT molecular complexity index is 1090. The summed E-state index contributed by atoms with van der Waals surface area (Å²) in [6, 6.07) is 12.8. The lowest BCUT2D eigenvalue weighted by Gasteiger charge is -2.23. The van der Waals surface area contributed by atoms with Crippen LogP contribution < -0.4 is 10.1 Å². The van der Waals surface area contributed by atoms with E-state index in [1.165, 1.54) is 16.8 Å². The number of anilines is 1. The number of rotatable bonds is 5. The minimum absolute atomic E-state index is 0.0364. The molecule has 0 saturated carbocycles. The van der Waals surface area contributed by atoms with Gasteiger partial charge in [0.25, 0.3) is 0 Å². The lowest BCUT2D eigenvalue weighted by molar-refractivity contribution is -0.116. The number of ketones is 1. The lowest BCUT2D eigenvalue weighted by Crippen LogP contribution is -2.28. The maximum atomic E-state index is 13.7. The number of benzene rings is 2. The number of aryl methyl sites for hydroxylation is 1. The lowest BCUT2D eigenvalue weighted by atomic mass is 9.85. The van der Waals surface area contributed by atoms with Gasteiger partial charge in [-0.3, -0.25) is 9.59 Å². The van der Waals surface area contributed by atoms with Gasteiger partial charge in [0.2, 0.25) is 5.91 Å². The fourth-order valence-corrected chi connectivity index (χ4v) is 3.65. The number of ether oxygens (including phenoxy) is 1. The van der Waals surface area contributed by atoms with Crippen molar-refractivity contribution in [2.24, 2.45) is 0 Å². The molecular formula is C22H20FN3O3. The first kappa shape index (κ1) is 18.9. The van der Waals surface area contributed by atoms with Crippen LogP contribution in [0.2, 0.25) is 0 Å². The molecule has 1 amide bonds. The molecular weight excluding hydrogens is 373 g/mol. The van der Waals surface area contributed by atoms with Crippen molar-refractivity contribution in [1.29, 1.82) is 0 Å². The average Bonchev–Trinajstić information content (AvgIpc) is 3.04. The summed E-state index contributed by atoms with van der Waals surface area (Å²) in [5, 5.41) is 7.26. The SMILES string of the molecule is CCOc1ccc(C(=O)C2CC(=O)Nc3c2c(C)nn3-c2cccc(F)c2)cc1. The number of hydrogen-bond donors (Lipinski definition) is 1. The van der Waals surface area contributed by atoms with Crippen molar-refractivity contribution in [3.63, 3.8) is 0 Å². The smallest absolute Gasteiger partial charge is 0.226 e. The third-order valence-electron chi connectivity index (χ3n) is 4.92. The summed E-state index contributed by atoms with van der Waals surface area (Å²) in [6.45, 7) is 4.21. The summed E-state index contributed by atoms with van der Waals surface area (Å²) < 4.78 is 20.6. The molecule has 1 unspecified atom stereocenters. The molecule has 148 valence electrons. The largest absolute Gasteiger partial charge is 0.494 e. The van der Waals surface area contributed by atoms with E-state index in [4.69, 9.17) is 4.74 Å². The fraction of sp³-hybridized carbons (Fsp3) is 0.227. The van der Waals surface area contributed by atoms with Crippen molar-refractivity contribution in [2.45, 2.75) is 26.2 Å². The second-order valence-electron chi connectivity index (χ2n) is 6.87. The average molecular weight is 393 g/mol. The third kappa shape index (κ3) is 3.51. The van der Waals surface area contributed by atoms with E-state index in [-0.39, 0.29) is 18.1 Å². The predicted octanol–water partition coefficient (Wildman–Crippen LogP) is 4.03. The number of nitrogens with one attached hydrogen (secondary N) is 1. The van der Waals surface area contributed by atoms with E-state index in [2.05, 4.69) is 10.4 Å². The second kappa shape index (κ2) is 7.50. The van der Waals surface area contributed by atoms with Gasteiger partial charge in [-0.05, 0) is 56.3 Å². The van der Waals surface area contributed by atoms with Crippen LogP contribution in [0.15, 0.2) is 48.5 Å². The van der Waals surface area contributed by atoms with E-state index in [9.17, 15) is 14.0 Å². The Morgan fingerprint density at radius 3 is 2.72 bits per heavy atom. The minimum Gasteiger partial charge on any atom is -0.494 e. The Hall–Kier alpha value is -3.48. The van der Waals surface area contributed by atoms with Crippen molar-refractivity contribution < 1.29 is 18.7 Å². The summed E-state index contributed by atoms with van der Waals surface area (Å²) in [4.78, 5) is 25.6. The molecule has 2 aromatic carbocycles. The maximum absolute atomic E-state index is 13.7. The Morgan fingerprint density at radius 1 is 1.28 bits per heavy atom. The topological polar surface area (TPSA) is 73.2 Å². The molecule has 4 rings (SSSR count). The molecule has 7 heteroatoms. The van der Waals surface area contributed by atoms with Crippen LogP contribution in [-0.4, -0.2) is 28.1 Å². The first-order valence-corrected chi connectivity index (χ1v) is 9.40. The van der Waals surface area contributed by atoms with Crippen molar-refractivity contribution in [1.82, 2.24) is 9.78 Å². The second-order valence-corrected chi connectivity index (χ2v) is 6.87. The van der Waals surface area contributed by atoms with E-state index in [1.54, 1.807) is 43.3 Å². The van der Waals surface area contributed by atoms with Crippen LogP contribution in [0.3, 0.4) is 0 Å². The normalized spacial score (nSPS) is 15.6. The molecule has 6 nitrogen and oxygen atoms in total. The first-order valence-electron chi connectivity index (χ1n) is 9.40. The van der Waals surface area contributed by atoms with Crippen molar-refractivity contribution in [3.05, 3.63) is 71.2 Å². The maximum Gasteiger partial charge on any atom is 0.226 e. The highest BCUT2D eigenvalue weighted by Gasteiger charge is 2.36. The predicted molar refractivity (Wildman–Crippen MR) is 106 cm³/mol. The highest BCUT2D eigenvalue weighted by Crippen LogP contribution is 2.38. The van der Waals surface area contributed by atoms with E-state index in [0.29, 0.717) is 40.7 Å². The molecule has 0 bridgehead atoms. The molecule has 1 aromatic heterocycles. The standard InChI is InChI=1S/C22H20FN3O3/c1-3-29-17-9-7-14(8-10-17)21(28)18-12-19(27)24-22-20(18)13(2)25-26(22)16-6-4-5-15(23)11-16/h4-11,18H,3,12H2,1-2H3,(H,24,27). The van der Waals surface area contributed by atoms with Crippen LogP contribution in [0.25, 0.3) is 5.69 Å². The zero-order chi connectivity index (χ0) is 20.5. The van der Waals surface area contributed by atoms with Gasteiger partial charge in [-0.1, -0.05) is 6.07 Å². The molecule has 2 heterocycles. The van der Waals surface area contributed by atoms with Gasteiger partial charge in [-0.2, -0.15) is 5.10 Å². The molecule has 3 aromatic rings. The van der Waals surface area contributed by atoms with E-state index in [0.717, 1.165) is 0 Å². The van der Waals surface area contributed by atoms with Crippen molar-refractivity contribution >= 4 is 17.5 Å². The zero-order valence-electron chi connectivity index (χ0n) is 16.1. The quantitative estimate of drug-likeness (QED) is 0.665. The molecule has 0 aliphatic carbocycles. The van der Waals surface area contributed by atoms with Gasteiger partial charge in [0.1, 0.15) is 17.4 Å². The van der Waals surface area contributed by atoms with Crippen molar-refractivity contribution in [3.8, 4) is 11.4 Å².